The molecule has 0 heterocycles. The van der Waals surface area contributed by atoms with Crippen molar-refractivity contribution in [1.29, 1.82) is 0 Å². The van der Waals surface area contributed by atoms with E-state index in [1.807, 2.05) is 0 Å². The van der Waals surface area contributed by atoms with Crippen LogP contribution in [0.1, 0.15) is 45.4 Å². The van der Waals surface area contributed by atoms with Crippen LogP contribution in [-0.2, 0) is 4.79 Å². The predicted octanol–water partition coefficient (Wildman–Crippen LogP) is 2.05. The van der Waals surface area contributed by atoms with Crippen molar-refractivity contribution in [3.63, 3.8) is 0 Å². The number of carboxylic acid groups (broad SMARTS) is 1. The SMILES string of the molecule is CCCCCCCC(=O)O.[K]. The van der Waals surface area contributed by atoms with Crippen LogP contribution in [0.3, 0.4) is 0 Å². The van der Waals surface area contributed by atoms with Crippen LogP contribution in [0, 0.1) is 0 Å². The Morgan fingerprint density at radius 2 is 1.73 bits per heavy atom. The van der Waals surface area contributed by atoms with Gasteiger partial charge in [-0.2, -0.15) is 0 Å². The first-order valence-corrected chi connectivity index (χ1v) is 3.99. The van der Waals surface area contributed by atoms with E-state index in [0.717, 1.165) is 12.8 Å². The van der Waals surface area contributed by atoms with Crippen LogP contribution < -0.4 is 0 Å². The Morgan fingerprint density at radius 1 is 1.18 bits per heavy atom. The van der Waals surface area contributed by atoms with Crippen molar-refractivity contribution in [3.8, 4) is 0 Å². The van der Waals surface area contributed by atoms with Gasteiger partial charge in [0.25, 0.3) is 0 Å². The number of carbonyl (C=O) groups is 1. The van der Waals surface area contributed by atoms with E-state index in [1.54, 1.807) is 0 Å². The zero-order valence-corrected chi connectivity index (χ0v) is 10.7. The molecule has 0 unspecified atom stereocenters. The third-order valence-electron chi connectivity index (χ3n) is 1.49. The Bertz CT molecular complexity index is 94.1. The Morgan fingerprint density at radius 3 is 2.18 bits per heavy atom. The van der Waals surface area contributed by atoms with E-state index in [9.17, 15) is 4.79 Å². The van der Waals surface area contributed by atoms with Crippen molar-refractivity contribution < 1.29 is 9.90 Å². The monoisotopic (exact) mass is 183 g/mol. The molecular weight excluding hydrogens is 167 g/mol. The van der Waals surface area contributed by atoms with Crippen molar-refractivity contribution in [2.24, 2.45) is 0 Å². The van der Waals surface area contributed by atoms with E-state index in [-0.39, 0.29) is 51.4 Å². The molecule has 0 aliphatic carbocycles. The van der Waals surface area contributed by atoms with Crippen LogP contribution in [0.15, 0.2) is 0 Å². The summed E-state index contributed by atoms with van der Waals surface area (Å²) in [6, 6.07) is 0. The van der Waals surface area contributed by atoms with E-state index in [0.29, 0.717) is 6.42 Å². The Labute approximate surface area is 111 Å². The van der Waals surface area contributed by atoms with Gasteiger partial charge >= 0.3 is 5.97 Å². The van der Waals surface area contributed by atoms with Crippen LogP contribution >= 0.6 is 0 Å². The summed E-state index contributed by atoms with van der Waals surface area (Å²) in [5.74, 6) is -0.670. The van der Waals surface area contributed by atoms with Gasteiger partial charge in [-0.25, -0.2) is 0 Å². The largest absolute Gasteiger partial charge is 0.481 e. The molecule has 0 aromatic rings. The average molecular weight is 183 g/mol. The molecule has 0 saturated carbocycles. The number of unbranched alkanes of at least 4 members (excludes halogenated alkanes) is 4. The van der Waals surface area contributed by atoms with Crippen molar-refractivity contribution in [1.82, 2.24) is 0 Å². The van der Waals surface area contributed by atoms with Gasteiger partial charge in [-0.3, -0.25) is 4.79 Å². The third kappa shape index (κ3) is 14.0. The quantitative estimate of drug-likeness (QED) is 0.505. The van der Waals surface area contributed by atoms with Gasteiger partial charge in [0.05, 0.1) is 0 Å². The molecule has 0 aliphatic heterocycles. The molecule has 1 radical (unpaired) electrons. The number of aliphatic carboxylic acids is 1. The third-order valence-corrected chi connectivity index (χ3v) is 1.49. The molecule has 0 spiro atoms. The molecular formula is C8H16KO2. The Balaban J connectivity index is 0. The summed E-state index contributed by atoms with van der Waals surface area (Å²) in [5.41, 5.74) is 0. The molecule has 1 N–H and O–H groups in total. The standard InChI is InChI=1S/C8H16O2.K/c1-2-3-4-5-6-7-8(9)10;/h2-7H2,1H3,(H,9,10);. The minimum Gasteiger partial charge on any atom is -0.481 e. The van der Waals surface area contributed by atoms with Crippen LogP contribution in [-0.4, -0.2) is 62.5 Å². The molecule has 0 saturated heterocycles. The molecule has 3 heteroatoms. The number of carboxylic acids is 1. The predicted molar refractivity (Wildman–Crippen MR) is 46.8 cm³/mol. The maximum atomic E-state index is 10.0. The van der Waals surface area contributed by atoms with Crippen molar-refractivity contribution in [3.05, 3.63) is 0 Å². The second kappa shape index (κ2) is 11.1. The van der Waals surface area contributed by atoms with E-state index in [4.69, 9.17) is 5.11 Å². The second-order valence-electron chi connectivity index (χ2n) is 2.56. The molecule has 0 rings (SSSR count). The molecule has 0 amide bonds. The summed E-state index contributed by atoms with van der Waals surface area (Å²) in [6.45, 7) is 2.15. The maximum absolute atomic E-state index is 10.0. The second-order valence-corrected chi connectivity index (χ2v) is 2.56. The molecule has 61 valence electrons. The molecule has 2 nitrogen and oxygen atoms in total. The van der Waals surface area contributed by atoms with E-state index >= 15 is 0 Å². The fourth-order valence-electron chi connectivity index (χ4n) is 0.880. The van der Waals surface area contributed by atoms with Gasteiger partial charge in [0.15, 0.2) is 0 Å². The summed E-state index contributed by atoms with van der Waals surface area (Å²) in [4.78, 5) is 10.0. The molecule has 0 aromatic carbocycles. The normalized spacial score (nSPS) is 8.82. The smallest absolute Gasteiger partial charge is 0.303 e. The van der Waals surface area contributed by atoms with Crippen LogP contribution in [0.2, 0.25) is 0 Å². The molecule has 0 fully saturated rings. The molecule has 0 atom stereocenters. The zero-order chi connectivity index (χ0) is 7.82. The minimum absolute atomic E-state index is 0. The summed E-state index contributed by atoms with van der Waals surface area (Å²) in [6.07, 6.45) is 5.88. The first-order valence-electron chi connectivity index (χ1n) is 3.99. The Kier molecular flexibility index (Phi) is 14.8. The van der Waals surface area contributed by atoms with Crippen molar-refractivity contribution in [2.45, 2.75) is 45.4 Å². The van der Waals surface area contributed by atoms with Gasteiger partial charge in [0.2, 0.25) is 0 Å². The topological polar surface area (TPSA) is 37.3 Å². The number of hydrogen-bond donors (Lipinski definition) is 1. The fourth-order valence-corrected chi connectivity index (χ4v) is 0.880. The van der Waals surface area contributed by atoms with Gasteiger partial charge in [-0.05, 0) is 6.42 Å². The van der Waals surface area contributed by atoms with Gasteiger partial charge < -0.3 is 5.11 Å². The van der Waals surface area contributed by atoms with Gasteiger partial charge in [-0.15, -0.1) is 0 Å². The van der Waals surface area contributed by atoms with Gasteiger partial charge in [0, 0.05) is 57.8 Å². The van der Waals surface area contributed by atoms with Gasteiger partial charge in [-0.1, -0.05) is 32.6 Å². The maximum Gasteiger partial charge on any atom is 0.303 e. The molecule has 0 aliphatic rings. The summed E-state index contributed by atoms with van der Waals surface area (Å²) in [7, 11) is 0. The van der Waals surface area contributed by atoms with E-state index < -0.39 is 5.97 Å². The van der Waals surface area contributed by atoms with Crippen LogP contribution in [0.25, 0.3) is 0 Å². The van der Waals surface area contributed by atoms with Crippen molar-refractivity contribution >= 4 is 57.4 Å². The average Bonchev–Trinajstić information content (AvgIpc) is 1.87. The molecule has 11 heavy (non-hydrogen) atoms. The van der Waals surface area contributed by atoms with Crippen LogP contribution in [0.5, 0.6) is 0 Å². The summed E-state index contributed by atoms with van der Waals surface area (Å²) in [5, 5.41) is 8.27. The zero-order valence-electron chi connectivity index (χ0n) is 7.60. The molecule has 0 bridgehead atoms. The number of rotatable bonds is 6. The first-order chi connectivity index (χ1) is 4.77. The fraction of sp³-hybridized carbons (Fsp3) is 0.875. The summed E-state index contributed by atoms with van der Waals surface area (Å²) >= 11 is 0. The Hall–Kier alpha value is 1.11. The first kappa shape index (κ1) is 14.6. The minimum atomic E-state index is -0.670. The molecule has 0 aromatic heterocycles. The van der Waals surface area contributed by atoms with Crippen molar-refractivity contribution in [2.75, 3.05) is 0 Å². The van der Waals surface area contributed by atoms with Gasteiger partial charge in [0.1, 0.15) is 0 Å². The van der Waals surface area contributed by atoms with Crippen LogP contribution in [0.4, 0.5) is 0 Å². The number of hydrogen-bond acceptors (Lipinski definition) is 1. The summed E-state index contributed by atoms with van der Waals surface area (Å²) < 4.78 is 0. The van der Waals surface area contributed by atoms with E-state index in [1.165, 1.54) is 19.3 Å². The van der Waals surface area contributed by atoms with E-state index in [2.05, 4.69) is 6.92 Å².